The number of hydrogen-bond acceptors (Lipinski definition) is 5. The lowest BCUT2D eigenvalue weighted by Gasteiger charge is -2.30. The van der Waals surface area contributed by atoms with Crippen LogP contribution in [0, 0.1) is 0 Å². The molecule has 0 aromatic heterocycles. The number of unbranched alkanes of at least 4 members (excludes halogenated alkanes) is 8. The lowest BCUT2D eigenvalue weighted by atomic mass is 9.85. The molecule has 0 spiro atoms. The third kappa shape index (κ3) is 12.0. The molecule has 0 aromatic carbocycles. The summed E-state index contributed by atoms with van der Waals surface area (Å²) in [6.45, 7) is 9.36. The van der Waals surface area contributed by atoms with Crippen LogP contribution in [0.4, 0.5) is 4.79 Å². The molecule has 1 rings (SSSR count). The van der Waals surface area contributed by atoms with Gasteiger partial charge in [0.05, 0.1) is 19.3 Å². The van der Waals surface area contributed by atoms with Crippen molar-refractivity contribution in [1.82, 2.24) is 5.32 Å². The maximum Gasteiger partial charge on any atom is 0.408 e. The van der Waals surface area contributed by atoms with Crippen molar-refractivity contribution in [3.63, 3.8) is 0 Å². The van der Waals surface area contributed by atoms with Crippen molar-refractivity contribution in [3.8, 4) is 0 Å². The molecule has 0 unspecified atom stereocenters. The van der Waals surface area contributed by atoms with E-state index < -0.39 is 19.7 Å². The van der Waals surface area contributed by atoms with Crippen LogP contribution in [0.5, 0.6) is 0 Å². The molecule has 1 N–H and O–H groups in total. The fraction of sp³-hybridized carbons (Fsp3) is 0.741. The van der Waals surface area contributed by atoms with Gasteiger partial charge in [-0.05, 0) is 37.8 Å². The Morgan fingerprint density at radius 3 is 2.38 bits per heavy atom. The van der Waals surface area contributed by atoms with Crippen LogP contribution in [-0.2, 0) is 19.1 Å². The van der Waals surface area contributed by atoms with E-state index >= 15 is 0 Å². The molecule has 194 valence electrons. The summed E-state index contributed by atoms with van der Waals surface area (Å²) in [5.74, 6) is -0.230. The van der Waals surface area contributed by atoms with Crippen molar-refractivity contribution >= 4 is 25.9 Å². The van der Waals surface area contributed by atoms with Gasteiger partial charge >= 0.3 is 12.1 Å². The monoisotopic (exact) mass is 493 g/mol. The lowest BCUT2D eigenvalue weighted by molar-refractivity contribution is -0.140. The van der Waals surface area contributed by atoms with Crippen LogP contribution < -0.4 is 5.32 Å². The number of carbonyl (C=O) groups excluding carboxylic acids is 3. The smallest absolute Gasteiger partial charge is 0.408 e. The number of allylic oxidation sites excluding steroid dienone is 2. The highest BCUT2D eigenvalue weighted by Gasteiger charge is 2.40. The summed E-state index contributed by atoms with van der Waals surface area (Å²) in [5, 5.41) is 3.05. The molecule has 0 heterocycles. The first-order valence-corrected chi connectivity index (χ1v) is 16.8. The van der Waals surface area contributed by atoms with Gasteiger partial charge < -0.3 is 14.8 Å². The van der Waals surface area contributed by atoms with Crippen LogP contribution in [0.1, 0.15) is 84.0 Å². The van der Waals surface area contributed by atoms with E-state index in [1.165, 1.54) is 32.8 Å². The molecule has 0 aliphatic heterocycles. The zero-order valence-corrected chi connectivity index (χ0v) is 23.2. The van der Waals surface area contributed by atoms with E-state index in [-0.39, 0.29) is 11.8 Å². The van der Waals surface area contributed by atoms with E-state index in [4.69, 9.17) is 4.74 Å². The molecule has 6 nitrogen and oxygen atoms in total. The highest BCUT2D eigenvalue weighted by Crippen LogP contribution is 2.33. The Labute approximate surface area is 207 Å². The van der Waals surface area contributed by atoms with Gasteiger partial charge in [0, 0.05) is 20.1 Å². The molecule has 0 aromatic rings. The second kappa shape index (κ2) is 15.9. The van der Waals surface area contributed by atoms with E-state index in [9.17, 15) is 14.4 Å². The van der Waals surface area contributed by atoms with Crippen molar-refractivity contribution in [2.24, 2.45) is 0 Å². The molecular formula is C27H47NO5Si. The summed E-state index contributed by atoms with van der Waals surface area (Å²) in [6.07, 6.45) is 16.2. The van der Waals surface area contributed by atoms with E-state index in [0.29, 0.717) is 25.0 Å². The Morgan fingerprint density at radius 2 is 1.71 bits per heavy atom. The van der Waals surface area contributed by atoms with E-state index in [0.717, 1.165) is 44.6 Å². The van der Waals surface area contributed by atoms with Gasteiger partial charge in [-0.25, -0.2) is 4.79 Å². The number of rotatable bonds is 17. The van der Waals surface area contributed by atoms with E-state index in [1.807, 2.05) is 12.2 Å². The summed E-state index contributed by atoms with van der Waals surface area (Å²) in [7, 11) is 0.100. The quantitative estimate of drug-likeness (QED) is 0.105. The van der Waals surface area contributed by atoms with E-state index in [2.05, 4.69) is 36.6 Å². The predicted octanol–water partition coefficient (Wildman–Crippen LogP) is 6.73. The first-order chi connectivity index (χ1) is 16.1. The van der Waals surface area contributed by atoms with Gasteiger partial charge in [-0.2, -0.15) is 0 Å². The van der Waals surface area contributed by atoms with Crippen molar-refractivity contribution < 1.29 is 23.9 Å². The normalized spacial score (nSPS) is 19.0. The summed E-state index contributed by atoms with van der Waals surface area (Å²) >= 11 is 0. The SMILES string of the molecule is CCCCCCCC[C@@]1(NC(=O)OCC[Si](C)(C)C)C=CC(=O)/C1=C/CCCCCC(=O)OC. The second-order valence-corrected chi connectivity index (χ2v) is 16.2. The number of esters is 1. The summed E-state index contributed by atoms with van der Waals surface area (Å²) in [6, 6.07) is 0.911. The minimum absolute atomic E-state index is 0.0389. The molecule has 1 aliphatic carbocycles. The van der Waals surface area contributed by atoms with Crippen LogP contribution in [0.25, 0.3) is 0 Å². The number of ether oxygens (including phenoxy) is 2. The average Bonchev–Trinajstić information content (AvgIpc) is 3.07. The Bertz CT molecular complexity index is 710. The maximum absolute atomic E-state index is 12.7. The highest BCUT2D eigenvalue weighted by atomic mass is 28.3. The fourth-order valence-corrected chi connectivity index (χ4v) is 4.80. The molecule has 0 radical (unpaired) electrons. The molecule has 34 heavy (non-hydrogen) atoms. The van der Waals surface area contributed by atoms with Gasteiger partial charge in [-0.15, -0.1) is 0 Å². The topological polar surface area (TPSA) is 81.7 Å². The minimum atomic E-state index is -1.30. The van der Waals surface area contributed by atoms with Crippen molar-refractivity contribution in [2.45, 2.75) is 115 Å². The molecule has 0 fully saturated rings. The van der Waals surface area contributed by atoms with Crippen molar-refractivity contribution in [1.29, 1.82) is 0 Å². The number of methoxy groups -OCH3 is 1. The Kier molecular flexibility index (Phi) is 14.1. The van der Waals surface area contributed by atoms with Gasteiger partial charge in [0.1, 0.15) is 0 Å². The third-order valence-electron chi connectivity index (χ3n) is 6.26. The largest absolute Gasteiger partial charge is 0.469 e. The minimum Gasteiger partial charge on any atom is -0.469 e. The summed E-state index contributed by atoms with van der Waals surface area (Å²) < 4.78 is 10.2. The highest BCUT2D eigenvalue weighted by molar-refractivity contribution is 6.76. The van der Waals surface area contributed by atoms with Gasteiger partial charge in [0.2, 0.25) is 0 Å². The van der Waals surface area contributed by atoms with Crippen molar-refractivity contribution in [2.75, 3.05) is 13.7 Å². The maximum atomic E-state index is 12.7. The number of ketones is 1. The molecule has 1 amide bonds. The molecule has 0 bridgehead atoms. The average molecular weight is 494 g/mol. The van der Waals surface area contributed by atoms with Crippen LogP contribution in [0.15, 0.2) is 23.8 Å². The third-order valence-corrected chi connectivity index (χ3v) is 7.97. The van der Waals surface area contributed by atoms with Gasteiger partial charge in [-0.1, -0.05) is 83.7 Å². The predicted molar refractivity (Wildman–Crippen MR) is 141 cm³/mol. The molecule has 1 aliphatic rings. The molecular weight excluding hydrogens is 446 g/mol. The van der Waals surface area contributed by atoms with Crippen LogP contribution >= 0.6 is 0 Å². The van der Waals surface area contributed by atoms with Gasteiger partial charge in [-0.3, -0.25) is 9.59 Å². The fourth-order valence-electron chi connectivity index (χ4n) is 4.08. The first kappa shape index (κ1) is 30.1. The molecule has 0 saturated carbocycles. The zero-order chi connectivity index (χ0) is 25.5. The zero-order valence-electron chi connectivity index (χ0n) is 22.2. The summed E-state index contributed by atoms with van der Waals surface area (Å²) in [5.41, 5.74) is -0.138. The number of hydrogen-bond donors (Lipinski definition) is 1. The second-order valence-electron chi connectivity index (χ2n) is 10.6. The molecule has 1 atom stereocenters. The van der Waals surface area contributed by atoms with E-state index in [1.54, 1.807) is 6.08 Å². The Balaban J connectivity index is 2.77. The van der Waals surface area contributed by atoms with Crippen LogP contribution in [-0.4, -0.2) is 45.2 Å². The molecule has 7 heteroatoms. The first-order valence-electron chi connectivity index (χ1n) is 13.1. The number of carbonyl (C=O) groups is 3. The van der Waals surface area contributed by atoms with Crippen molar-refractivity contribution in [3.05, 3.63) is 23.8 Å². The molecule has 0 saturated heterocycles. The van der Waals surface area contributed by atoms with Gasteiger partial charge in [0.25, 0.3) is 0 Å². The Hall–Kier alpha value is -1.89. The number of amides is 1. The number of nitrogens with one attached hydrogen (secondary N) is 1. The van der Waals surface area contributed by atoms with Crippen LogP contribution in [0.3, 0.4) is 0 Å². The van der Waals surface area contributed by atoms with Crippen LogP contribution in [0.2, 0.25) is 25.7 Å². The van der Waals surface area contributed by atoms with Gasteiger partial charge in [0.15, 0.2) is 5.78 Å². The number of alkyl carbamates (subject to hydrolysis) is 1. The Morgan fingerprint density at radius 1 is 1.03 bits per heavy atom. The standard InChI is InChI=1S/C27H47NO5Si/c1-6-7-8-9-12-15-19-27(28-26(31)33-21-22-34(3,4)5)20-18-24(29)23(27)16-13-10-11-14-17-25(30)32-2/h16,18,20H,6-15,17,19,21-22H2,1-5H3,(H,28,31)/b23-16-/t27-/m1/s1. The lowest BCUT2D eigenvalue weighted by Crippen LogP contribution is -2.48. The summed E-state index contributed by atoms with van der Waals surface area (Å²) in [4.78, 5) is 36.7.